The quantitative estimate of drug-likeness (QED) is 0.762. The summed E-state index contributed by atoms with van der Waals surface area (Å²) in [6.45, 7) is 5.62. The molecule has 0 aliphatic heterocycles. The second-order valence-corrected chi connectivity index (χ2v) is 6.97. The third-order valence-electron chi connectivity index (χ3n) is 3.98. The number of aryl methyl sites for hydroxylation is 2. The molecule has 0 saturated heterocycles. The van der Waals surface area contributed by atoms with Gasteiger partial charge in [-0.1, -0.05) is 37.3 Å². The van der Waals surface area contributed by atoms with Crippen LogP contribution in [0.1, 0.15) is 36.2 Å². The lowest BCUT2D eigenvalue weighted by Gasteiger charge is -2.14. The van der Waals surface area contributed by atoms with E-state index in [0.717, 1.165) is 27.4 Å². The third-order valence-corrected chi connectivity index (χ3v) is 5.29. The monoisotopic (exact) mass is 356 g/mol. The summed E-state index contributed by atoms with van der Waals surface area (Å²) in [7, 11) is 0. The highest BCUT2D eigenvalue weighted by Crippen LogP contribution is 2.21. The van der Waals surface area contributed by atoms with Gasteiger partial charge in [-0.3, -0.25) is 9.59 Å². The van der Waals surface area contributed by atoms with Crippen molar-refractivity contribution in [2.45, 2.75) is 39.8 Å². The first kappa shape index (κ1) is 17.3. The predicted octanol–water partition coefficient (Wildman–Crippen LogP) is 2.60. The molecule has 0 spiro atoms. The molecule has 3 rings (SSSR count). The van der Waals surface area contributed by atoms with Crippen LogP contribution in [0.5, 0.6) is 0 Å². The van der Waals surface area contributed by atoms with Gasteiger partial charge < -0.3 is 5.32 Å². The topological polar surface area (TPSA) is 76.9 Å². The van der Waals surface area contributed by atoms with Gasteiger partial charge in [0.05, 0.1) is 21.4 Å². The molecule has 3 aromatic rings. The molecule has 7 heteroatoms. The molecule has 2 heterocycles. The minimum Gasteiger partial charge on any atom is -0.348 e. The lowest BCUT2D eigenvalue weighted by Crippen LogP contribution is -2.35. The fourth-order valence-corrected chi connectivity index (χ4v) is 3.59. The molecule has 25 heavy (non-hydrogen) atoms. The smallest absolute Gasteiger partial charge is 0.294 e. The molecule has 1 amide bonds. The van der Waals surface area contributed by atoms with Crippen molar-refractivity contribution in [3.05, 3.63) is 57.0 Å². The predicted molar refractivity (Wildman–Crippen MR) is 98.8 cm³/mol. The SMILES string of the molecule is CCc1nc2c(=O)n(CC(=O)N[C@H](C)c3ccccc3)nc(C)c2s1. The summed E-state index contributed by atoms with van der Waals surface area (Å²) in [6, 6.07) is 9.54. The van der Waals surface area contributed by atoms with Gasteiger partial charge in [-0.25, -0.2) is 9.67 Å². The van der Waals surface area contributed by atoms with Crippen molar-refractivity contribution >= 4 is 27.5 Å². The van der Waals surface area contributed by atoms with E-state index in [1.807, 2.05) is 51.1 Å². The number of amides is 1. The van der Waals surface area contributed by atoms with E-state index in [-0.39, 0.29) is 24.1 Å². The number of carbonyl (C=O) groups excluding carboxylic acids is 1. The molecule has 0 bridgehead atoms. The number of hydrogen-bond acceptors (Lipinski definition) is 5. The molecule has 0 fully saturated rings. The van der Waals surface area contributed by atoms with Crippen LogP contribution in [-0.4, -0.2) is 20.7 Å². The molecule has 2 aromatic heterocycles. The van der Waals surface area contributed by atoms with Gasteiger partial charge in [0.1, 0.15) is 6.54 Å². The van der Waals surface area contributed by atoms with Crippen LogP contribution in [0.3, 0.4) is 0 Å². The Kier molecular flexibility index (Phi) is 4.94. The first-order chi connectivity index (χ1) is 12.0. The zero-order valence-corrected chi connectivity index (χ0v) is 15.3. The van der Waals surface area contributed by atoms with Crippen LogP contribution in [0.15, 0.2) is 35.1 Å². The zero-order valence-electron chi connectivity index (χ0n) is 14.4. The average Bonchev–Trinajstić information content (AvgIpc) is 3.05. The minimum absolute atomic E-state index is 0.119. The number of benzene rings is 1. The number of nitrogens with one attached hydrogen (secondary N) is 1. The lowest BCUT2D eigenvalue weighted by atomic mass is 10.1. The van der Waals surface area contributed by atoms with Crippen LogP contribution >= 0.6 is 11.3 Å². The number of aromatic nitrogens is 3. The number of fused-ring (bicyclic) bond motifs is 1. The maximum atomic E-state index is 12.6. The van der Waals surface area contributed by atoms with Gasteiger partial charge in [-0.15, -0.1) is 11.3 Å². The fraction of sp³-hybridized carbons (Fsp3) is 0.333. The molecule has 1 aromatic carbocycles. The van der Waals surface area contributed by atoms with E-state index >= 15 is 0 Å². The van der Waals surface area contributed by atoms with Crippen molar-refractivity contribution in [2.24, 2.45) is 0 Å². The van der Waals surface area contributed by atoms with E-state index in [0.29, 0.717) is 5.52 Å². The van der Waals surface area contributed by atoms with Gasteiger partial charge in [0, 0.05) is 0 Å². The van der Waals surface area contributed by atoms with Gasteiger partial charge in [-0.05, 0) is 25.8 Å². The third kappa shape index (κ3) is 3.61. The Labute approximate surface area is 149 Å². The first-order valence-electron chi connectivity index (χ1n) is 8.21. The van der Waals surface area contributed by atoms with Crippen molar-refractivity contribution in [3.63, 3.8) is 0 Å². The Morgan fingerprint density at radius 3 is 2.72 bits per heavy atom. The highest BCUT2D eigenvalue weighted by atomic mass is 32.1. The molecule has 0 aliphatic carbocycles. The fourth-order valence-electron chi connectivity index (χ4n) is 2.66. The van der Waals surface area contributed by atoms with Gasteiger partial charge >= 0.3 is 0 Å². The van der Waals surface area contributed by atoms with Crippen LogP contribution in [0.4, 0.5) is 0 Å². The highest BCUT2D eigenvalue weighted by Gasteiger charge is 2.16. The summed E-state index contributed by atoms with van der Waals surface area (Å²) in [4.78, 5) is 29.3. The van der Waals surface area contributed by atoms with Crippen LogP contribution in [0.25, 0.3) is 10.2 Å². The standard InChI is InChI=1S/C18H20N4O2S/c1-4-15-20-16-17(25-15)12(3)21-22(18(16)24)10-14(23)19-11(2)13-8-6-5-7-9-13/h5-9,11H,4,10H2,1-3H3,(H,19,23)/t11-/m1/s1. The van der Waals surface area contributed by atoms with Crippen LogP contribution in [-0.2, 0) is 17.8 Å². The Hall–Kier alpha value is -2.54. The van der Waals surface area contributed by atoms with Crippen LogP contribution in [0, 0.1) is 6.92 Å². The molecule has 1 atom stereocenters. The van der Waals surface area contributed by atoms with E-state index in [1.54, 1.807) is 0 Å². The molecule has 0 unspecified atom stereocenters. The van der Waals surface area contributed by atoms with E-state index < -0.39 is 0 Å². The van der Waals surface area contributed by atoms with Crippen molar-refractivity contribution in [2.75, 3.05) is 0 Å². The van der Waals surface area contributed by atoms with Crippen molar-refractivity contribution in [3.8, 4) is 0 Å². The summed E-state index contributed by atoms with van der Waals surface area (Å²) in [5, 5.41) is 8.08. The molecular weight excluding hydrogens is 336 g/mol. The summed E-state index contributed by atoms with van der Waals surface area (Å²) < 4.78 is 2.00. The van der Waals surface area contributed by atoms with Gasteiger partial charge in [0.2, 0.25) is 5.91 Å². The summed E-state index contributed by atoms with van der Waals surface area (Å²) in [5.74, 6) is -0.254. The number of thiazole rings is 1. The van der Waals surface area contributed by atoms with E-state index in [4.69, 9.17) is 0 Å². The Bertz CT molecular complexity index is 962. The number of nitrogens with zero attached hydrogens (tertiary/aromatic N) is 3. The van der Waals surface area contributed by atoms with Gasteiger partial charge in [0.25, 0.3) is 5.56 Å². The Balaban J connectivity index is 1.81. The maximum Gasteiger partial charge on any atom is 0.294 e. The molecule has 1 N–H and O–H groups in total. The molecule has 6 nitrogen and oxygen atoms in total. The molecule has 130 valence electrons. The zero-order chi connectivity index (χ0) is 18.0. The molecular formula is C18H20N4O2S. The van der Waals surface area contributed by atoms with E-state index in [9.17, 15) is 9.59 Å². The minimum atomic E-state index is -0.320. The molecule has 0 saturated carbocycles. The first-order valence-corrected chi connectivity index (χ1v) is 9.02. The van der Waals surface area contributed by atoms with Crippen LogP contribution < -0.4 is 10.9 Å². The van der Waals surface area contributed by atoms with Gasteiger partial charge in [-0.2, -0.15) is 5.10 Å². The molecule has 0 radical (unpaired) electrons. The summed E-state index contributed by atoms with van der Waals surface area (Å²) >= 11 is 1.49. The summed E-state index contributed by atoms with van der Waals surface area (Å²) in [5.41, 5.74) is 1.81. The lowest BCUT2D eigenvalue weighted by molar-refractivity contribution is -0.122. The second-order valence-electron chi connectivity index (χ2n) is 5.89. The Morgan fingerprint density at radius 2 is 2.04 bits per heavy atom. The average molecular weight is 356 g/mol. The van der Waals surface area contributed by atoms with Crippen molar-refractivity contribution in [1.29, 1.82) is 0 Å². The number of rotatable bonds is 5. The number of carbonyl (C=O) groups is 1. The number of hydrogen-bond donors (Lipinski definition) is 1. The van der Waals surface area contributed by atoms with Crippen LogP contribution in [0.2, 0.25) is 0 Å². The normalized spacial score (nSPS) is 12.3. The van der Waals surface area contributed by atoms with Gasteiger partial charge in [0.15, 0.2) is 5.52 Å². The Morgan fingerprint density at radius 1 is 1.32 bits per heavy atom. The molecule has 0 aliphatic rings. The summed E-state index contributed by atoms with van der Waals surface area (Å²) in [6.07, 6.45) is 0.771. The largest absolute Gasteiger partial charge is 0.348 e. The van der Waals surface area contributed by atoms with Crippen molar-refractivity contribution in [1.82, 2.24) is 20.1 Å². The maximum absolute atomic E-state index is 12.6. The van der Waals surface area contributed by atoms with E-state index in [1.165, 1.54) is 16.0 Å². The van der Waals surface area contributed by atoms with Crippen molar-refractivity contribution < 1.29 is 4.79 Å². The van der Waals surface area contributed by atoms with E-state index in [2.05, 4.69) is 15.4 Å². The second kappa shape index (κ2) is 7.14. The highest BCUT2D eigenvalue weighted by molar-refractivity contribution is 7.18.